The molecule has 6 heteroatoms. The highest BCUT2D eigenvalue weighted by molar-refractivity contribution is 7.20. The van der Waals surface area contributed by atoms with Crippen molar-refractivity contribution in [2.45, 2.75) is 13.0 Å². The number of hydrogen-bond acceptors (Lipinski definition) is 4. The Labute approximate surface area is 154 Å². The Kier molecular flexibility index (Phi) is 4.51. The molecule has 4 rings (SSSR count). The normalized spacial score (nSPS) is 15.8. The second kappa shape index (κ2) is 6.96. The van der Waals surface area contributed by atoms with E-state index in [2.05, 4.69) is 0 Å². The van der Waals surface area contributed by atoms with Gasteiger partial charge in [0.1, 0.15) is 12.4 Å². The second-order valence-corrected chi connectivity index (χ2v) is 7.19. The number of amides is 1. The van der Waals surface area contributed by atoms with Gasteiger partial charge >= 0.3 is 0 Å². The Bertz CT molecular complexity index is 955. The molecule has 26 heavy (non-hydrogen) atoms. The Hall–Kier alpha value is -2.60. The van der Waals surface area contributed by atoms with Gasteiger partial charge in [0.25, 0.3) is 5.91 Å². The maximum Gasteiger partial charge on any atom is 0.264 e. The number of hydrogen-bond donors (Lipinski definition) is 0. The zero-order chi connectivity index (χ0) is 18.1. The maximum absolute atomic E-state index is 13.9. The average molecular weight is 371 g/mol. The van der Waals surface area contributed by atoms with Crippen molar-refractivity contribution in [3.05, 3.63) is 59.2 Å². The van der Waals surface area contributed by atoms with Gasteiger partial charge in [-0.1, -0.05) is 18.2 Å². The van der Waals surface area contributed by atoms with E-state index in [4.69, 9.17) is 9.47 Å². The van der Waals surface area contributed by atoms with E-state index in [0.29, 0.717) is 35.7 Å². The highest BCUT2D eigenvalue weighted by atomic mass is 32.1. The number of para-hydroxylation sites is 2. The van der Waals surface area contributed by atoms with E-state index in [9.17, 15) is 9.18 Å². The number of fused-ring (bicyclic) bond motifs is 2. The predicted octanol–water partition coefficient (Wildman–Crippen LogP) is 4.34. The molecule has 2 heterocycles. The van der Waals surface area contributed by atoms with Crippen LogP contribution in [0.15, 0.2) is 48.5 Å². The smallest absolute Gasteiger partial charge is 0.264 e. The fraction of sp³-hybridized carbons (Fsp3) is 0.250. The molecule has 1 aliphatic heterocycles. The number of benzene rings is 2. The third kappa shape index (κ3) is 3.12. The Morgan fingerprint density at radius 1 is 1.23 bits per heavy atom. The Morgan fingerprint density at radius 3 is 2.81 bits per heavy atom. The summed E-state index contributed by atoms with van der Waals surface area (Å²) in [6.45, 7) is 3.27. The van der Waals surface area contributed by atoms with Crippen LogP contribution in [0.5, 0.6) is 11.5 Å². The minimum Gasteiger partial charge on any atom is -0.486 e. The minimum absolute atomic E-state index is 0.115. The number of thiophene rings is 1. The van der Waals surface area contributed by atoms with Crippen molar-refractivity contribution in [1.82, 2.24) is 4.90 Å². The van der Waals surface area contributed by atoms with Crippen LogP contribution in [0.4, 0.5) is 4.39 Å². The van der Waals surface area contributed by atoms with Crippen LogP contribution in [0.2, 0.25) is 0 Å². The Morgan fingerprint density at radius 2 is 2.04 bits per heavy atom. The summed E-state index contributed by atoms with van der Waals surface area (Å²) in [5, 5.41) is 0.489. The van der Waals surface area contributed by atoms with E-state index in [0.717, 1.165) is 10.4 Å². The molecule has 3 aromatic rings. The highest BCUT2D eigenvalue weighted by Gasteiger charge is 2.26. The molecule has 2 aromatic carbocycles. The summed E-state index contributed by atoms with van der Waals surface area (Å²) < 4.78 is 26.4. The number of nitrogens with zero attached hydrogens (tertiary/aromatic N) is 1. The predicted molar refractivity (Wildman–Crippen MR) is 99.7 cm³/mol. The first-order valence-electron chi connectivity index (χ1n) is 8.51. The number of likely N-dealkylation sites (N-methyl/N-ethyl adjacent to an activating group) is 1. The summed E-state index contributed by atoms with van der Waals surface area (Å²) in [7, 11) is 0. The van der Waals surface area contributed by atoms with Crippen LogP contribution in [0.3, 0.4) is 0 Å². The highest BCUT2D eigenvalue weighted by Crippen LogP contribution is 2.32. The van der Waals surface area contributed by atoms with E-state index in [1.807, 2.05) is 37.3 Å². The molecular weight excluding hydrogens is 353 g/mol. The van der Waals surface area contributed by atoms with Gasteiger partial charge in [0.2, 0.25) is 0 Å². The molecule has 4 nitrogen and oxygen atoms in total. The first kappa shape index (κ1) is 16.8. The first-order chi connectivity index (χ1) is 12.7. The van der Waals surface area contributed by atoms with Gasteiger partial charge in [-0.15, -0.1) is 11.3 Å². The molecule has 1 amide bonds. The topological polar surface area (TPSA) is 38.8 Å². The summed E-state index contributed by atoms with van der Waals surface area (Å²) in [5.74, 6) is 0.992. The molecule has 0 radical (unpaired) electrons. The minimum atomic E-state index is -0.304. The summed E-state index contributed by atoms with van der Waals surface area (Å²) >= 11 is 1.31. The molecule has 0 fully saturated rings. The maximum atomic E-state index is 13.9. The standard InChI is InChI=1S/C20H18FNO3S/c1-2-22(11-13-12-24-16-7-3-4-8-17(16)25-13)20(23)19-10-14-15(21)6-5-9-18(14)26-19/h3-10,13H,2,11-12H2,1H3. The molecule has 1 aliphatic rings. The summed E-state index contributed by atoms with van der Waals surface area (Å²) in [6, 6.07) is 14.0. The van der Waals surface area contributed by atoms with Crippen molar-refractivity contribution in [1.29, 1.82) is 0 Å². The molecule has 1 unspecified atom stereocenters. The lowest BCUT2D eigenvalue weighted by atomic mass is 10.2. The summed E-state index contributed by atoms with van der Waals surface area (Å²) in [5.41, 5.74) is 0. The van der Waals surface area contributed by atoms with Crippen molar-refractivity contribution in [3.8, 4) is 11.5 Å². The third-order valence-electron chi connectivity index (χ3n) is 4.38. The van der Waals surface area contributed by atoms with Gasteiger partial charge in [-0.25, -0.2) is 4.39 Å². The molecule has 1 aromatic heterocycles. The van der Waals surface area contributed by atoms with Gasteiger partial charge in [-0.3, -0.25) is 4.79 Å². The lowest BCUT2D eigenvalue weighted by Crippen LogP contribution is -2.43. The van der Waals surface area contributed by atoms with Gasteiger partial charge in [0, 0.05) is 16.6 Å². The summed E-state index contributed by atoms with van der Waals surface area (Å²) in [6.07, 6.45) is -0.236. The zero-order valence-electron chi connectivity index (χ0n) is 14.3. The number of ether oxygens (including phenoxy) is 2. The van der Waals surface area contributed by atoms with Crippen LogP contribution in [0, 0.1) is 5.82 Å². The average Bonchev–Trinajstić information content (AvgIpc) is 3.11. The van der Waals surface area contributed by atoms with Gasteiger partial charge in [-0.05, 0) is 37.3 Å². The molecule has 1 atom stereocenters. The van der Waals surface area contributed by atoms with Crippen LogP contribution in [-0.2, 0) is 0 Å². The summed E-state index contributed by atoms with van der Waals surface area (Å²) in [4.78, 5) is 15.1. The van der Waals surface area contributed by atoms with E-state index >= 15 is 0 Å². The number of carbonyl (C=O) groups excluding carboxylic acids is 1. The monoisotopic (exact) mass is 371 g/mol. The van der Waals surface area contributed by atoms with Crippen LogP contribution in [0.1, 0.15) is 16.6 Å². The van der Waals surface area contributed by atoms with Gasteiger partial charge in [0.05, 0.1) is 11.4 Å². The number of halogens is 1. The van der Waals surface area contributed by atoms with Crippen LogP contribution in [-0.4, -0.2) is 36.6 Å². The van der Waals surface area contributed by atoms with Crippen molar-refractivity contribution in [2.24, 2.45) is 0 Å². The van der Waals surface area contributed by atoms with Crippen molar-refractivity contribution < 1.29 is 18.7 Å². The molecule has 0 spiro atoms. The molecule has 0 bridgehead atoms. The quantitative estimate of drug-likeness (QED) is 0.685. The molecule has 0 saturated carbocycles. The first-order valence-corrected chi connectivity index (χ1v) is 9.33. The molecular formula is C20H18FNO3S. The van der Waals surface area contributed by atoms with Crippen LogP contribution in [0.25, 0.3) is 10.1 Å². The van der Waals surface area contributed by atoms with Crippen molar-refractivity contribution in [3.63, 3.8) is 0 Å². The SMILES string of the molecule is CCN(CC1COc2ccccc2O1)C(=O)c1cc2c(F)cccc2s1. The lowest BCUT2D eigenvalue weighted by Gasteiger charge is -2.30. The van der Waals surface area contributed by atoms with Gasteiger partial charge in [0.15, 0.2) is 17.6 Å². The lowest BCUT2D eigenvalue weighted by molar-refractivity contribution is 0.0478. The van der Waals surface area contributed by atoms with Gasteiger partial charge < -0.3 is 14.4 Å². The second-order valence-electron chi connectivity index (χ2n) is 6.10. The largest absolute Gasteiger partial charge is 0.486 e. The van der Waals surface area contributed by atoms with E-state index in [1.165, 1.54) is 17.4 Å². The van der Waals surface area contributed by atoms with Crippen LogP contribution < -0.4 is 9.47 Å². The fourth-order valence-electron chi connectivity index (χ4n) is 3.04. The van der Waals surface area contributed by atoms with Crippen LogP contribution >= 0.6 is 11.3 Å². The van der Waals surface area contributed by atoms with Crippen molar-refractivity contribution >= 4 is 27.3 Å². The number of carbonyl (C=O) groups is 1. The van der Waals surface area contributed by atoms with E-state index in [-0.39, 0.29) is 17.8 Å². The zero-order valence-corrected chi connectivity index (χ0v) is 15.1. The molecule has 0 saturated heterocycles. The number of rotatable bonds is 4. The molecule has 0 N–H and O–H groups in total. The molecule has 134 valence electrons. The van der Waals surface area contributed by atoms with Crippen molar-refractivity contribution in [2.75, 3.05) is 19.7 Å². The van der Waals surface area contributed by atoms with E-state index in [1.54, 1.807) is 17.0 Å². The van der Waals surface area contributed by atoms with Gasteiger partial charge in [-0.2, -0.15) is 0 Å². The Balaban J connectivity index is 1.51. The fourth-order valence-corrected chi connectivity index (χ4v) is 4.08. The molecule has 0 aliphatic carbocycles. The third-order valence-corrected chi connectivity index (χ3v) is 5.47. The van der Waals surface area contributed by atoms with E-state index < -0.39 is 0 Å².